The average molecular weight is 346 g/mol. The molecule has 2 unspecified atom stereocenters. The second-order valence-corrected chi connectivity index (χ2v) is 7.62. The van der Waals surface area contributed by atoms with Gasteiger partial charge in [-0.2, -0.15) is 5.10 Å². The first kappa shape index (κ1) is 17.2. The molecule has 2 aromatic rings. The summed E-state index contributed by atoms with van der Waals surface area (Å²) in [6.45, 7) is 7.65. The van der Waals surface area contributed by atoms with E-state index in [1.165, 1.54) is 16.1 Å². The van der Waals surface area contributed by atoms with Crippen LogP contribution in [0, 0.1) is 13.8 Å². The standard InChI is InChI=1S/C18H26N4OS/c1-12(16-8-6-10-24-16)19-17(23)11-22-9-5-7-15(22)18-13(2)20-21(4)14(18)3/h6,8,10,12,15H,5,7,9,11H2,1-4H3,(H,19,23). The van der Waals surface area contributed by atoms with Gasteiger partial charge in [0, 0.05) is 29.2 Å². The summed E-state index contributed by atoms with van der Waals surface area (Å²) >= 11 is 1.68. The van der Waals surface area contributed by atoms with Crippen LogP contribution in [0.1, 0.15) is 53.7 Å². The Kier molecular flexibility index (Phi) is 5.06. The van der Waals surface area contributed by atoms with Gasteiger partial charge < -0.3 is 5.32 Å². The summed E-state index contributed by atoms with van der Waals surface area (Å²) in [4.78, 5) is 16.0. The predicted octanol–water partition coefficient (Wildman–Crippen LogP) is 3.11. The topological polar surface area (TPSA) is 50.2 Å². The van der Waals surface area contributed by atoms with E-state index < -0.39 is 0 Å². The normalized spacial score (nSPS) is 19.6. The summed E-state index contributed by atoms with van der Waals surface area (Å²) < 4.78 is 1.94. The summed E-state index contributed by atoms with van der Waals surface area (Å²) in [5, 5.41) is 9.71. The number of aryl methyl sites for hydroxylation is 2. The summed E-state index contributed by atoms with van der Waals surface area (Å²) in [6.07, 6.45) is 2.23. The lowest BCUT2D eigenvalue weighted by Crippen LogP contribution is -2.38. The number of amides is 1. The van der Waals surface area contributed by atoms with Crippen molar-refractivity contribution < 1.29 is 4.79 Å². The number of aromatic nitrogens is 2. The van der Waals surface area contributed by atoms with Crippen molar-refractivity contribution >= 4 is 17.2 Å². The maximum absolute atomic E-state index is 12.5. The molecule has 130 valence electrons. The average Bonchev–Trinajstić information content (AvgIpc) is 3.23. The van der Waals surface area contributed by atoms with Crippen LogP contribution in [0.3, 0.4) is 0 Å². The number of nitrogens with one attached hydrogen (secondary N) is 1. The van der Waals surface area contributed by atoms with E-state index in [0.29, 0.717) is 12.6 Å². The number of nitrogens with zero attached hydrogens (tertiary/aromatic N) is 3. The van der Waals surface area contributed by atoms with E-state index >= 15 is 0 Å². The minimum absolute atomic E-state index is 0.0698. The SMILES string of the molecule is Cc1nn(C)c(C)c1C1CCCN1CC(=O)NC(C)c1cccs1. The molecule has 0 radical (unpaired) electrons. The number of hydrogen-bond donors (Lipinski definition) is 1. The van der Waals surface area contributed by atoms with Crippen LogP contribution in [0.2, 0.25) is 0 Å². The highest BCUT2D eigenvalue weighted by molar-refractivity contribution is 7.10. The van der Waals surface area contributed by atoms with Crippen molar-refractivity contribution in [3.63, 3.8) is 0 Å². The second kappa shape index (κ2) is 7.07. The highest BCUT2D eigenvalue weighted by Gasteiger charge is 2.31. The largest absolute Gasteiger partial charge is 0.348 e. The molecule has 0 spiro atoms. The van der Waals surface area contributed by atoms with Gasteiger partial charge in [-0.05, 0) is 51.6 Å². The molecule has 1 saturated heterocycles. The number of thiophene rings is 1. The molecule has 1 amide bonds. The highest BCUT2D eigenvalue weighted by atomic mass is 32.1. The summed E-state index contributed by atoms with van der Waals surface area (Å²) in [5.41, 5.74) is 3.59. The first-order valence-electron chi connectivity index (χ1n) is 8.54. The Labute approximate surface area is 147 Å². The molecule has 6 heteroatoms. The van der Waals surface area contributed by atoms with E-state index in [9.17, 15) is 4.79 Å². The van der Waals surface area contributed by atoms with Crippen LogP contribution in [0.4, 0.5) is 0 Å². The molecule has 3 heterocycles. The molecule has 0 aromatic carbocycles. The Balaban J connectivity index is 1.66. The van der Waals surface area contributed by atoms with Gasteiger partial charge in [-0.3, -0.25) is 14.4 Å². The lowest BCUT2D eigenvalue weighted by Gasteiger charge is -2.25. The molecular weight excluding hydrogens is 320 g/mol. The van der Waals surface area contributed by atoms with Crippen LogP contribution >= 0.6 is 11.3 Å². The maximum atomic E-state index is 12.5. The van der Waals surface area contributed by atoms with E-state index in [4.69, 9.17) is 0 Å². The lowest BCUT2D eigenvalue weighted by molar-refractivity contribution is -0.123. The maximum Gasteiger partial charge on any atom is 0.234 e. The molecule has 1 fully saturated rings. The van der Waals surface area contributed by atoms with Crippen LogP contribution in [-0.4, -0.2) is 33.7 Å². The van der Waals surface area contributed by atoms with Crippen LogP contribution in [0.15, 0.2) is 17.5 Å². The van der Waals surface area contributed by atoms with Crippen molar-refractivity contribution in [1.29, 1.82) is 0 Å². The third-order valence-electron chi connectivity index (χ3n) is 4.96. The van der Waals surface area contributed by atoms with Crippen molar-refractivity contribution in [2.24, 2.45) is 7.05 Å². The van der Waals surface area contributed by atoms with Gasteiger partial charge >= 0.3 is 0 Å². The van der Waals surface area contributed by atoms with Gasteiger partial charge in [-0.25, -0.2) is 0 Å². The highest BCUT2D eigenvalue weighted by Crippen LogP contribution is 2.35. The zero-order valence-corrected chi connectivity index (χ0v) is 15.7. The fourth-order valence-electron chi connectivity index (χ4n) is 3.69. The molecule has 0 aliphatic carbocycles. The Hall–Kier alpha value is -1.66. The Morgan fingerprint density at radius 2 is 2.29 bits per heavy atom. The number of hydrogen-bond acceptors (Lipinski definition) is 4. The zero-order chi connectivity index (χ0) is 17.3. The first-order chi connectivity index (χ1) is 11.5. The van der Waals surface area contributed by atoms with Gasteiger partial charge in [0.2, 0.25) is 5.91 Å². The predicted molar refractivity (Wildman–Crippen MR) is 97.1 cm³/mol. The van der Waals surface area contributed by atoms with E-state index in [1.54, 1.807) is 11.3 Å². The Morgan fingerprint density at radius 3 is 2.92 bits per heavy atom. The van der Waals surface area contributed by atoms with Crippen molar-refractivity contribution in [2.45, 2.75) is 45.7 Å². The molecule has 2 aromatic heterocycles. The summed E-state index contributed by atoms with van der Waals surface area (Å²) in [7, 11) is 1.99. The van der Waals surface area contributed by atoms with Crippen molar-refractivity contribution in [2.75, 3.05) is 13.1 Å². The zero-order valence-electron chi connectivity index (χ0n) is 14.9. The summed E-state index contributed by atoms with van der Waals surface area (Å²) in [6, 6.07) is 4.46. The fraction of sp³-hybridized carbons (Fsp3) is 0.556. The quantitative estimate of drug-likeness (QED) is 0.905. The van der Waals surface area contributed by atoms with E-state index in [1.807, 2.05) is 30.1 Å². The van der Waals surface area contributed by atoms with Crippen molar-refractivity contribution in [1.82, 2.24) is 20.0 Å². The summed E-state index contributed by atoms with van der Waals surface area (Å²) in [5.74, 6) is 0.0991. The van der Waals surface area contributed by atoms with E-state index in [-0.39, 0.29) is 11.9 Å². The molecule has 1 aliphatic heterocycles. The van der Waals surface area contributed by atoms with E-state index in [2.05, 4.69) is 35.2 Å². The first-order valence-corrected chi connectivity index (χ1v) is 9.42. The van der Waals surface area contributed by atoms with Crippen molar-refractivity contribution in [3.8, 4) is 0 Å². The number of likely N-dealkylation sites (tertiary alicyclic amines) is 1. The van der Waals surface area contributed by atoms with Crippen LogP contribution in [0.5, 0.6) is 0 Å². The molecule has 0 bridgehead atoms. The monoisotopic (exact) mass is 346 g/mol. The molecular formula is C18H26N4OS. The van der Waals surface area contributed by atoms with Gasteiger partial charge in [0.05, 0.1) is 18.3 Å². The fourth-order valence-corrected chi connectivity index (χ4v) is 4.43. The Bertz CT molecular complexity index is 707. The minimum atomic E-state index is 0.0698. The second-order valence-electron chi connectivity index (χ2n) is 6.64. The van der Waals surface area contributed by atoms with Gasteiger partial charge in [0.25, 0.3) is 0 Å². The van der Waals surface area contributed by atoms with Crippen LogP contribution in [-0.2, 0) is 11.8 Å². The van der Waals surface area contributed by atoms with E-state index in [0.717, 1.165) is 25.1 Å². The van der Waals surface area contributed by atoms with Gasteiger partial charge in [-0.15, -0.1) is 11.3 Å². The molecule has 0 saturated carbocycles. The molecule has 2 atom stereocenters. The minimum Gasteiger partial charge on any atom is -0.348 e. The Morgan fingerprint density at radius 1 is 1.50 bits per heavy atom. The third-order valence-corrected chi connectivity index (χ3v) is 6.01. The van der Waals surface area contributed by atoms with Crippen LogP contribution < -0.4 is 5.32 Å². The van der Waals surface area contributed by atoms with Gasteiger partial charge in [0.15, 0.2) is 0 Å². The van der Waals surface area contributed by atoms with Crippen LogP contribution in [0.25, 0.3) is 0 Å². The smallest absolute Gasteiger partial charge is 0.234 e. The van der Waals surface area contributed by atoms with Gasteiger partial charge in [-0.1, -0.05) is 6.07 Å². The molecule has 3 rings (SSSR count). The molecule has 5 nitrogen and oxygen atoms in total. The number of rotatable bonds is 5. The van der Waals surface area contributed by atoms with Crippen molar-refractivity contribution in [3.05, 3.63) is 39.3 Å². The molecule has 1 aliphatic rings. The van der Waals surface area contributed by atoms with Gasteiger partial charge in [0.1, 0.15) is 0 Å². The number of carbonyl (C=O) groups excluding carboxylic acids is 1. The molecule has 24 heavy (non-hydrogen) atoms. The third kappa shape index (κ3) is 3.39. The number of carbonyl (C=O) groups is 1. The lowest BCUT2D eigenvalue weighted by atomic mass is 10.0. The molecule has 1 N–H and O–H groups in total.